The van der Waals surface area contributed by atoms with Gasteiger partial charge in [-0.1, -0.05) is 0 Å². The van der Waals surface area contributed by atoms with Crippen LogP contribution in [0.4, 0.5) is 30.4 Å². The summed E-state index contributed by atoms with van der Waals surface area (Å²) in [7, 11) is 1.40. The normalized spacial score (nSPS) is 10.3. The highest BCUT2D eigenvalue weighted by Gasteiger charge is 2.12. The number of anilines is 3. The van der Waals surface area contributed by atoms with Gasteiger partial charge in [-0.2, -0.15) is 4.98 Å². The minimum absolute atomic E-state index is 0.0873. The molecule has 1 aromatic carbocycles. The predicted octanol–water partition coefficient (Wildman–Crippen LogP) is 2.83. The molecule has 19 heavy (non-hydrogen) atoms. The van der Waals surface area contributed by atoms with Gasteiger partial charge in [0.05, 0.1) is 18.5 Å². The van der Waals surface area contributed by atoms with Crippen molar-refractivity contribution in [3.63, 3.8) is 0 Å². The number of methoxy groups -OCH3 is 1. The highest BCUT2D eigenvalue weighted by atomic mass is 19.2. The van der Waals surface area contributed by atoms with Gasteiger partial charge in [-0.3, -0.25) is 0 Å². The summed E-state index contributed by atoms with van der Waals surface area (Å²) in [6.07, 6.45) is 0. The van der Waals surface area contributed by atoms with E-state index < -0.39 is 17.5 Å². The van der Waals surface area contributed by atoms with Crippen LogP contribution in [-0.2, 0) is 0 Å². The van der Waals surface area contributed by atoms with Gasteiger partial charge in [0.2, 0.25) is 5.88 Å². The van der Waals surface area contributed by atoms with Crippen molar-refractivity contribution >= 4 is 17.2 Å². The molecule has 0 fully saturated rings. The van der Waals surface area contributed by atoms with Gasteiger partial charge >= 0.3 is 0 Å². The van der Waals surface area contributed by atoms with Crippen LogP contribution in [0.1, 0.15) is 0 Å². The van der Waals surface area contributed by atoms with E-state index in [0.29, 0.717) is 12.1 Å². The van der Waals surface area contributed by atoms with Crippen LogP contribution >= 0.6 is 0 Å². The van der Waals surface area contributed by atoms with Crippen LogP contribution < -0.4 is 15.8 Å². The van der Waals surface area contributed by atoms with E-state index in [4.69, 9.17) is 10.5 Å². The summed E-state index contributed by atoms with van der Waals surface area (Å²) in [4.78, 5) is 3.94. The van der Waals surface area contributed by atoms with Crippen LogP contribution in [0.2, 0.25) is 0 Å². The van der Waals surface area contributed by atoms with E-state index in [1.165, 1.54) is 19.2 Å². The fraction of sp³-hybridized carbons (Fsp3) is 0.0833. The molecule has 0 amide bonds. The lowest BCUT2D eigenvalue weighted by Gasteiger charge is -2.10. The van der Waals surface area contributed by atoms with Gasteiger partial charge in [0, 0.05) is 18.2 Å². The highest BCUT2D eigenvalue weighted by Crippen LogP contribution is 2.26. The zero-order valence-electron chi connectivity index (χ0n) is 9.88. The number of pyridine rings is 1. The second-order valence-electron chi connectivity index (χ2n) is 3.66. The Morgan fingerprint density at radius 1 is 1.11 bits per heavy atom. The molecular weight excluding hydrogens is 259 g/mol. The number of ether oxygens (including phenoxy) is 1. The van der Waals surface area contributed by atoms with Crippen LogP contribution in [0, 0.1) is 17.5 Å². The van der Waals surface area contributed by atoms with E-state index in [1.807, 2.05) is 0 Å². The first-order valence-electron chi connectivity index (χ1n) is 5.23. The molecule has 1 heterocycles. The third-order valence-corrected chi connectivity index (χ3v) is 2.37. The van der Waals surface area contributed by atoms with Crippen LogP contribution in [0.3, 0.4) is 0 Å². The van der Waals surface area contributed by atoms with Crippen LogP contribution in [-0.4, -0.2) is 12.1 Å². The molecular formula is C12H10F3N3O. The number of nitrogens with two attached hydrogens (primary N) is 1. The first-order chi connectivity index (χ1) is 9.01. The fourth-order valence-electron chi connectivity index (χ4n) is 1.41. The molecule has 0 atom stereocenters. The Morgan fingerprint density at radius 2 is 1.79 bits per heavy atom. The third-order valence-electron chi connectivity index (χ3n) is 2.37. The molecule has 0 saturated heterocycles. The average Bonchev–Trinajstić information content (AvgIpc) is 2.38. The van der Waals surface area contributed by atoms with E-state index >= 15 is 0 Å². The Kier molecular flexibility index (Phi) is 3.46. The van der Waals surface area contributed by atoms with Gasteiger partial charge in [0.1, 0.15) is 5.82 Å². The predicted molar refractivity (Wildman–Crippen MR) is 64.8 cm³/mol. The molecule has 0 unspecified atom stereocenters. The van der Waals surface area contributed by atoms with Crippen molar-refractivity contribution in [2.24, 2.45) is 0 Å². The summed E-state index contributed by atoms with van der Waals surface area (Å²) in [5.74, 6) is -3.06. The Hall–Kier alpha value is -2.44. The van der Waals surface area contributed by atoms with Crippen molar-refractivity contribution in [2.45, 2.75) is 0 Å². The van der Waals surface area contributed by atoms with Crippen molar-refractivity contribution < 1.29 is 17.9 Å². The number of aromatic nitrogens is 1. The summed E-state index contributed by atoms with van der Waals surface area (Å²) < 4.78 is 44.2. The number of halogens is 3. The number of benzene rings is 1. The monoisotopic (exact) mass is 269 g/mol. The minimum atomic E-state index is -1.27. The summed E-state index contributed by atoms with van der Waals surface area (Å²) in [5, 5.41) is 2.49. The lowest BCUT2D eigenvalue weighted by Crippen LogP contribution is -2.03. The van der Waals surface area contributed by atoms with Crippen molar-refractivity contribution in [3.05, 3.63) is 41.7 Å². The molecule has 100 valence electrons. The Balaban J connectivity index is 2.38. The first-order valence-corrected chi connectivity index (χ1v) is 5.23. The largest absolute Gasteiger partial charge is 0.481 e. The van der Waals surface area contributed by atoms with Gasteiger partial charge in [-0.15, -0.1) is 0 Å². The zero-order valence-corrected chi connectivity index (χ0v) is 9.88. The van der Waals surface area contributed by atoms with Gasteiger partial charge < -0.3 is 15.8 Å². The molecule has 0 bridgehead atoms. The Labute approximate surface area is 107 Å². The number of nitrogens with one attached hydrogen (secondary N) is 1. The number of hydrogen-bond donors (Lipinski definition) is 2. The molecule has 0 aliphatic rings. The van der Waals surface area contributed by atoms with Gasteiger partial charge in [-0.25, -0.2) is 13.2 Å². The molecule has 0 spiro atoms. The number of nitrogens with zero attached hydrogens (tertiary/aromatic N) is 1. The van der Waals surface area contributed by atoms with E-state index in [1.54, 1.807) is 0 Å². The van der Waals surface area contributed by atoms with Crippen LogP contribution in [0.15, 0.2) is 24.3 Å². The Bertz CT molecular complexity index is 619. The first kappa shape index (κ1) is 13.0. The topological polar surface area (TPSA) is 60.2 Å². The number of hydrogen-bond acceptors (Lipinski definition) is 4. The molecule has 2 aromatic rings. The van der Waals surface area contributed by atoms with Gasteiger partial charge in [0.25, 0.3) is 0 Å². The number of rotatable bonds is 3. The summed E-state index contributed by atoms with van der Waals surface area (Å²) >= 11 is 0. The Morgan fingerprint density at radius 3 is 2.47 bits per heavy atom. The molecule has 0 radical (unpaired) electrons. The molecule has 2 rings (SSSR count). The molecule has 3 N–H and O–H groups in total. The smallest absolute Gasteiger partial charge is 0.215 e. The second-order valence-corrected chi connectivity index (χ2v) is 3.66. The molecule has 0 aliphatic carbocycles. The standard InChI is InChI=1S/C12H10F3N3O/c1-19-11-3-2-9(16)12(18-11)17-10-5-7(14)6(13)4-8(10)15/h2-5H,16H2,1H3,(H,17,18). The summed E-state index contributed by atoms with van der Waals surface area (Å²) in [6.45, 7) is 0. The zero-order chi connectivity index (χ0) is 14.0. The van der Waals surface area contributed by atoms with Crippen LogP contribution in [0.5, 0.6) is 5.88 Å². The van der Waals surface area contributed by atoms with Crippen LogP contribution in [0.25, 0.3) is 0 Å². The second kappa shape index (κ2) is 5.05. The van der Waals surface area contributed by atoms with Gasteiger partial charge in [-0.05, 0) is 6.07 Å². The lowest BCUT2D eigenvalue weighted by molar-refractivity contribution is 0.398. The summed E-state index contributed by atoms with van der Waals surface area (Å²) in [6, 6.07) is 4.13. The maximum atomic E-state index is 13.5. The van der Waals surface area contributed by atoms with Crippen molar-refractivity contribution in [1.29, 1.82) is 0 Å². The van der Waals surface area contributed by atoms with E-state index in [-0.39, 0.29) is 23.1 Å². The third kappa shape index (κ3) is 2.70. The molecule has 0 aliphatic heterocycles. The van der Waals surface area contributed by atoms with E-state index in [9.17, 15) is 13.2 Å². The molecule has 4 nitrogen and oxygen atoms in total. The van der Waals surface area contributed by atoms with Crippen molar-refractivity contribution in [1.82, 2.24) is 4.98 Å². The number of nitrogen functional groups attached to an aromatic ring is 1. The maximum absolute atomic E-state index is 13.5. The highest BCUT2D eigenvalue weighted by molar-refractivity contribution is 5.69. The lowest BCUT2D eigenvalue weighted by atomic mass is 10.2. The maximum Gasteiger partial charge on any atom is 0.215 e. The average molecular weight is 269 g/mol. The quantitative estimate of drug-likeness (QED) is 0.841. The van der Waals surface area contributed by atoms with Crippen molar-refractivity contribution in [3.8, 4) is 5.88 Å². The van der Waals surface area contributed by atoms with Crippen molar-refractivity contribution in [2.75, 3.05) is 18.2 Å². The SMILES string of the molecule is COc1ccc(N)c(Nc2cc(F)c(F)cc2F)n1. The van der Waals surface area contributed by atoms with Gasteiger partial charge in [0.15, 0.2) is 17.5 Å². The molecule has 0 saturated carbocycles. The molecule has 7 heteroatoms. The minimum Gasteiger partial charge on any atom is -0.481 e. The van der Waals surface area contributed by atoms with E-state index in [0.717, 1.165) is 0 Å². The molecule has 1 aromatic heterocycles. The summed E-state index contributed by atoms with van der Waals surface area (Å²) in [5.41, 5.74) is 5.58. The van der Waals surface area contributed by atoms with E-state index in [2.05, 4.69) is 10.3 Å². The fourth-order valence-corrected chi connectivity index (χ4v) is 1.41.